The van der Waals surface area contributed by atoms with Crippen molar-refractivity contribution in [2.75, 3.05) is 0 Å². The van der Waals surface area contributed by atoms with Gasteiger partial charge in [-0.1, -0.05) is 30.3 Å². The molecule has 0 aromatic heterocycles. The van der Waals surface area contributed by atoms with Gasteiger partial charge in [0.05, 0.1) is 5.60 Å². The van der Waals surface area contributed by atoms with Crippen LogP contribution in [-0.2, 0) is 19.9 Å². The molecular formula is C15H20O7. The summed E-state index contributed by atoms with van der Waals surface area (Å²) in [6.45, 7) is 3.46. The van der Waals surface area contributed by atoms with Gasteiger partial charge >= 0.3 is 5.97 Å². The van der Waals surface area contributed by atoms with E-state index in [1.165, 1.54) is 0 Å². The number of benzene rings is 1. The van der Waals surface area contributed by atoms with Crippen LogP contribution in [0.1, 0.15) is 19.4 Å². The summed E-state index contributed by atoms with van der Waals surface area (Å²) >= 11 is 0. The molecule has 22 heavy (non-hydrogen) atoms. The molecule has 0 amide bonds. The van der Waals surface area contributed by atoms with Crippen LogP contribution in [0.2, 0.25) is 0 Å². The smallest absolute Gasteiger partial charge is 0.335 e. The Balaban J connectivity index is 2.19. The highest BCUT2D eigenvalue weighted by molar-refractivity contribution is 5.73. The number of aliphatic hydroxyl groups is 3. The van der Waals surface area contributed by atoms with Crippen molar-refractivity contribution in [3.63, 3.8) is 0 Å². The lowest BCUT2D eigenvalue weighted by atomic mass is 9.96. The Hall–Kier alpha value is -1.51. The molecule has 1 aliphatic rings. The summed E-state index contributed by atoms with van der Waals surface area (Å²) < 4.78 is 10.8. The predicted molar refractivity (Wildman–Crippen MR) is 74.9 cm³/mol. The van der Waals surface area contributed by atoms with Gasteiger partial charge < -0.3 is 29.9 Å². The first-order valence-electron chi connectivity index (χ1n) is 6.90. The molecule has 1 unspecified atom stereocenters. The summed E-state index contributed by atoms with van der Waals surface area (Å²) in [5, 5.41) is 38.4. The zero-order valence-electron chi connectivity index (χ0n) is 12.3. The minimum atomic E-state index is -1.73. The van der Waals surface area contributed by atoms with E-state index in [-0.39, 0.29) is 0 Å². The second kappa shape index (κ2) is 6.31. The molecule has 0 bridgehead atoms. The van der Waals surface area contributed by atoms with Crippen molar-refractivity contribution >= 4 is 5.97 Å². The van der Waals surface area contributed by atoms with Gasteiger partial charge in [-0.15, -0.1) is 0 Å². The average molecular weight is 312 g/mol. The number of ether oxygens (including phenoxy) is 2. The molecule has 4 N–H and O–H groups in total. The van der Waals surface area contributed by atoms with Crippen LogP contribution in [0.5, 0.6) is 0 Å². The lowest BCUT2D eigenvalue weighted by molar-refractivity contribution is -0.318. The first-order valence-corrected chi connectivity index (χ1v) is 6.90. The maximum Gasteiger partial charge on any atom is 0.335 e. The Morgan fingerprint density at radius 2 is 1.68 bits per heavy atom. The maximum absolute atomic E-state index is 11.1. The van der Waals surface area contributed by atoms with E-state index < -0.39 is 42.3 Å². The largest absolute Gasteiger partial charge is 0.479 e. The van der Waals surface area contributed by atoms with E-state index >= 15 is 0 Å². The third kappa shape index (κ3) is 3.29. The molecule has 0 radical (unpaired) electrons. The Labute approximate surface area is 127 Å². The Bertz CT molecular complexity index is 516. The summed E-state index contributed by atoms with van der Waals surface area (Å²) in [7, 11) is 0. The maximum atomic E-state index is 11.1. The van der Waals surface area contributed by atoms with Crippen LogP contribution in [0, 0.1) is 0 Å². The van der Waals surface area contributed by atoms with Crippen LogP contribution < -0.4 is 0 Å². The molecule has 0 saturated carbocycles. The molecule has 1 aromatic carbocycles. The zero-order valence-corrected chi connectivity index (χ0v) is 12.3. The number of rotatable bonds is 4. The van der Waals surface area contributed by atoms with Gasteiger partial charge in [0.2, 0.25) is 0 Å². The van der Waals surface area contributed by atoms with Crippen molar-refractivity contribution in [2.24, 2.45) is 0 Å². The first kappa shape index (κ1) is 16.9. The highest BCUT2D eigenvalue weighted by atomic mass is 16.7. The van der Waals surface area contributed by atoms with Crippen molar-refractivity contribution in [2.45, 2.75) is 50.2 Å². The van der Waals surface area contributed by atoms with Gasteiger partial charge in [-0.2, -0.15) is 0 Å². The molecule has 1 aliphatic heterocycles. The minimum absolute atomic E-state index is 0.790. The second-order valence-corrected chi connectivity index (χ2v) is 5.73. The number of aliphatic hydroxyl groups excluding tert-OH is 3. The molecule has 1 heterocycles. The summed E-state index contributed by atoms with van der Waals surface area (Å²) in [5.41, 5.74) is -0.101. The minimum Gasteiger partial charge on any atom is -0.479 e. The van der Waals surface area contributed by atoms with E-state index in [9.17, 15) is 20.1 Å². The molecule has 0 aliphatic carbocycles. The molecule has 0 spiro atoms. The Morgan fingerprint density at radius 3 is 2.23 bits per heavy atom. The number of hydrogen-bond acceptors (Lipinski definition) is 6. The van der Waals surface area contributed by atoms with E-state index in [1.54, 1.807) is 13.8 Å². The van der Waals surface area contributed by atoms with Gasteiger partial charge in [0.1, 0.15) is 18.3 Å². The lowest BCUT2D eigenvalue weighted by Gasteiger charge is -2.41. The van der Waals surface area contributed by atoms with Crippen LogP contribution in [0.3, 0.4) is 0 Å². The van der Waals surface area contributed by atoms with Crippen molar-refractivity contribution in [3.8, 4) is 0 Å². The van der Waals surface area contributed by atoms with Crippen molar-refractivity contribution in [3.05, 3.63) is 35.9 Å². The summed E-state index contributed by atoms with van der Waals surface area (Å²) in [6.07, 6.45) is -8.02. The molecule has 1 saturated heterocycles. The van der Waals surface area contributed by atoms with E-state index in [4.69, 9.17) is 14.6 Å². The predicted octanol–water partition coefficient (Wildman–Crippen LogP) is -0.169. The number of carboxylic acid groups (broad SMARTS) is 1. The quantitative estimate of drug-likeness (QED) is 0.610. The van der Waals surface area contributed by atoms with Crippen molar-refractivity contribution in [1.29, 1.82) is 0 Å². The highest BCUT2D eigenvalue weighted by Crippen LogP contribution is 2.31. The first-order chi connectivity index (χ1) is 10.2. The van der Waals surface area contributed by atoms with Crippen LogP contribution in [0.25, 0.3) is 0 Å². The third-order valence-corrected chi connectivity index (χ3v) is 3.69. The summed E-state index contributed by atoms with van der Waals surface area (Å²) in [4.78, 5) is 11.1. The number of carbonyl (C=O) groups is 1. The van der Waals surface area contributed by atoms with E-state index in [2.05, 4.69) is 0 Å². The zero-order chi connectivity index (χ0) is 16.5. The van der Waals surface area contributed by atoms with Gasteiger partial charge in [0.15, 0.2) is 12.4 Å². The molecular weight excluding hydrogens is 292 g/mol. The van der Waals surface area contributed by atoms with Crippen LogP contribution >= 0.6 is 0 Å². The number of carboxylic acids is 1. The third-order valence-electron chi connectivity index (χ3n) is 3.69. The van der Waals surface area contributed by atoms with E-state index in [0.717, 1.165) is 5.56 Å². The fraction of sp³-hybridized carbons (Fsp3) is 0.533. The fourth-order valence-electron chi connectivity index (χ4n) is 2.35. The van der Waals surface area contributed by atoms with Crippen LogP contribution in [0.4, 0.5) is 0 Å². The topological polar surface area (TPSA) is 116 Å². The molecule has 1 fully saturated rings. The molecule has 7 nitrogen and oxygen atoms in total. The Kier molecular flexibility index (Phi) is 4.84. The number of aliphatic carboxylic acids is 1. The molecule has 1 aromatic rings. The van der Waals surface area contributed by atoms with Gasteiger partial charge in [-0.05, 0) is 19.4 Å². The van der Waals surface area contributed by atoms with Gasteiger partial charge in [0.25, 0.3) is 0 Å². The summed E-state index contributed by atoms with van der Waals surface area (Å²) in [6, 6.07) is 9.10. The lowest BCUT2D eigenvalue weighted by Crippen LogP contribution is -2.61. The molecule has 2 rings (SSSR count). The van der Waals surface area contributed by atoms with Crippen LogP contribution in [0.15, 0.2) is 30.3 Å². The molecule has 7 heteroatoms. The second-order valence-electron chi connectivity index (χ2n) is 5.73. The summed E-state index contributed by atoms with van der Waals surface area (Å²) in [5.74, 6) is -1.44. The van der Waals surface area contributed by atoms with Gasteiger partial charge in [-0.25, -0.2) is 4.79 Å². The van der Waals surface area contributed by atoms with E-state index in [1.807, 2.05) is 30.3 Å². The monoisotopic (exact) mass is 312 g/mol. The average Bonchev–Trinajstić information content (AvgIpc) is 2.48. The standard InChI is InChI=1S/C15H20O7/c1-15(2,8-6-4-3-5-7-8)22-14-11(18)9(16)10(17)12(21-14)13(19)20/h3-7,9-12,14,16-18H,1-2H3,(H,19,20)/t9-,10-,11+,12-,14?/m0/s1. The fourth-order valence-corrected chi connectivity index (χ4v) is 2.35. The Morgan fingerprint density at radius 1 is 1.09 bits per heavy atom. The van der Waals surface area contributed by atoms with Gasteiger partial charge in [0, 0.05) is 0 Å². The van der Waals surface area contributed by atoms with Crippen molar-refractivity contribution < 1.29 is 34.7 Å². The molecule has 122 valence electrons. The number of hydrogen-bond donors (Lipinski definition) is 4. The van der Waals surface area contributed by atoms with Crippen LogP contribution in [-0.4, -0.2) is 57.1 Å². The van der Waals surface area contributed by atoms with Gasteiger partial charge in [-0.3, -0.25) is 0 Å². The SMILES string of the molecule is CC(C)(OC1O[C@H](C(=O)O)[C@@H](O)[C@H](O)[C@H]1O)c1ccccc1. The molecule has 5 atom stereocenters. The highest BCUT2D eigenvalue weighted by Gasteiger charge is 2.48. The van der Waals surface area contributed by atoms with E-state index in [0.29, 0.717) is 0 Å². The van der Waals surface area contributed by atoms with Crippen molar-refractivity contribution in [1.82, 2.24) is 0 Å². The normalized spacial score (nSPS) is 32.7.